The number of likely N-dealkylation sites (N-methyl/N-ethyl adjacent to an activating group) is 1. The summed E-state index contributed by atoms with van der Waals surface area (Å²) in [5, 5.41) is 4.24. The lowest BCUT2D eigenvalue weighted by Gasteiger charge is -2.34. The quantitative estimate of drug-likeness (QED) is 0.904. The number of benzene rings is 2. The van der Waals surface area contributed by atoms with Gasteiger partial charge in [-0.25, -0.2) is 0 Å². The van der Waals surface area contributed by atoms with Crippen LogP contribution in [-0.2, 0) is 6.42 Å². The molecule has 0 aliphatic heterocycles. The van der Waals surface area contributed by atoms with Gasteiger partial charge in [-0.2, -0.15) is 0 Å². The summed E-state index contributed by atoms with van der Waals surface area (Å²) < 4.78 is 6.21. The molecule has 1 aliphatic rings. The molecule has 0 spiro atoms. The maximum Gasteiger partial charge on any atom is 0.138 e. The van der Waals surface area contributed by atoms with E-state index in [1.807, 2.05) is 24.3 Å². The zero-order valence-corrected chi connectivity index (χ0v) is 12.9. The van der Waals surface area contributed by atoms with E-state index in [9.17, 15) is 0 Å². The third-order valence-electron chi connectivity index (χ3n) is 4.00. The van der Waals surface area contributed by atoms with Gasteiger partial charge in [0, 0.05) is 0 Å². The number of ether oxygens (including phenoxy) is 1. The van der Waals surface area contributed by atoms with Crippen LogP contribution in [0.15, 0.2) is 48.5 Å². The van der Waals surface area contributed by atoms with Gasteiger partial charge in [0.05, 0.1) is 11.1 Å². The summed E-state index contributed by atoms with van der Waals surface area (Å²) in [5.41, 5.74) is 2.77. The standard InChI is InChI=1S/C18H20ClNO/c1-2-20-18-14-8-4-3-7-13(14)11-12-17(18)21-16-10-6-5-9-15(16)19/h3-10,17-18,20H,2,11-12H2,1H3. The molecule has 21 heavy (non-hydrogen) atoms. The van der Waals surface area contributed by atoms with Crippen LogP contribution in [-0.4, -0.2) is 12.6 Å². The smallest absolute Gasteiger partial charge is 0.138 e. The predicted molar refractivity (Wildman–Crippen MR) is 87.0 cm³/mol. The molecule has 2 aromatic rings. The normalized spacial score (nSPS) is 20.9. The number of nitrogens with one attached hydrogen (secondary N) is 1. The summed E-state index contributed by atoms with van der Waals surface area (Å²) in [5.74, 6) is 0.770. The number of halogens is 1. The topological polar surface area (TPSA) is 21.3 Å². The molecule has 0 fully saturated rings. The second kappa shape index (κ2) is 6.50. The van der Waals surface area contributed by atoms with Crippen LogP contribution in [0.25, 0.3) is 0 Å². The first-order valence-corrected chi connectivity index (χ1v) is 7.89. The molecule has 0 aromatic heterocycles. The summed E-state index contributed by atoms with van der Waals surface area (Å²) >= 11 is 6.22. The Morgan fingerprint density at radius 3 is 2.71 bits per heavy atom. The Morgan fingerprint density at radius 2 is 1.90 bits per heavy atom. The average Bonchev–Trinajstić information content (AvgIpc) is 2.52. The highest BCUT2D eigenvalue weighted by atomic mass is 35.5. The minimum atomic E-state index is 0.111. The van der Waals surface area contributed by atoms with Gasteiger partial charge in [-0.05, 0) is 42.6 Å². The van der Waals surface area contributed by atoms with Crippen LogP contribution in [0.5, 0.6) is 5.75 Å². The number of para-hydroxylation sites is 1. The van der Waals surface area contributed by atoms with Crippen molar-refractivity contribution in [3.8, 4) is 5.75 Å². The summed E-state index contributed by atoms with van der Waals surface area (Å²) in [7, 11) is 0. The zero-order valence-electron chi connectivity index (χ0n) is 12.2. The van der Waals surface area contributed by atoms with Crippen molar-refractivity contribution in [2.24, 2.45) is 0 Å². The summed E-state index contributed by atoms with van der Waals surface area (Å²) in [4.78, 5) is 0. The Hall–Kier alpha value is -1.51. The lowest BCUT2D eigenvalue weighted by Crippen LogP contribution is -2.39. The van der Waals surface area contributed by atoms with Gasteiger partial charge in [0.15, 0.2) is 0 Å². The Labute approximate surface area is 131 Å². The van der Waals surface area contributed by atoms with Gasteiger partial charge in [-0.1, -0.05) is 54.9 Å². The van der Waals surface area contributed by atoms with Crippen molar-refractivity contribution < 1.29 is 4.74 Å². The van der Waals surface area contributed by atoms with Gasteiger partial charge in [0.2, 0.25) is 0 Å². The van der Waals surface area contributed by atoms with Crippen molar-refractivity contribution in [3.63, 3.8) is 0 Å². The first-order chi connectivity index (χ1) is 10.3. The van der Waals surface area contributed by atoms with Crippen LogP contribution in [0.2, 0.25) is 5.02 Å². The fourth-order valence-electron chi connectivity index (χ4n) is 3.02. The van der Waals surface area contributed by atoms with Crippen molar-refractivity contribution >= 4 is 11.6 Å². The predicted octanol–water partition coefficient (Wildman–Crippen LogP) is 4.38. The molecule has 110 valence electrons. The van der Waals surface area contributed by atoms with Crippen LogP contribution >= 0.6 is 11.6 Å². The van der Waals surface area contributed by atoms with Crippen molar-refractivity contribution in [2.75, 3.05) is 6.54 Å². The SMILES string of the molecule is CCNC1c2ccccc2CCC1Oc1ccccc1Cl. The number of aryl methyl sites for hydroxylation is 1. The molecule has 2 unspecified atom stereocenters. The fourth-order valence-corrected chi connectivity index (χ4v) is 3.20. The van der Waals surface area contributed by atoms with E-state index in [1.165, 1.54) is 11.1 Å². The lowest BCUT2D eigenvalue weighted by atomic mass is 9.85. The molecule has 1 N–H and O–H groups in total. The Kier molecular flexibility index (Phi) is 4.47. The molecule has 2 nitrogen and oxygen atoms in total. The van der Waals surface area contributed by atoms with E-state index in [0.717, 1.165) is 25.1 Å². The van der Waals surface area contributed by atoms with E-state index in [2.05, 4.69) is 36.5 Å². The molecule has 1 aliphatic carbocycles. The molecule has 0 saturated carbocycles. The third-order valence-corrected chi connectivity index (χ3v) is 4.31. The van der Waals surface area contributed by atoms with Crippen LogP contribution in [0.4, 0.5) is 0 Å². The molecule has 3 rings (SSSR count). The molecule has 0 saturated heterocycles. The maximum atomic E-state index is 6.22. The highest BCUT2D eigenvalue weighted by Gasteiger charge is 2.30. The molecular weight excluding hydrogens is 282 g/mol. The molecule has 0 bridgehead atoms. The van der Waals surface area contributed by atoms with Crippen molar-refractivity contribution in [2.45, 2.75) is 31.9 Å². The van der Waals surface area contributed by atoms with E-state index in [1.54, 1.807) is 0 Å². The minimum Gasteiger partial charge on any atom is -0.487 e. The summed E-state index contributed by atoms with van der Waals surface area (Å²) in [6.45, 7) is 3.05. The second-order valence-corrected chi connectivity index (χ2v) is 5.77. The number of hydrogen-bond acceptors (Lipinski definition) is 2. The molecule has 2 atom stereocenters. The average molecular weight is 302 g/mol. The monoisotopic (exact) mass is 301 g/mol. The Balaban J connectivity index is 1.87. The highest BCUT2D eigenvalue weighted by molar-refractivity contribution is 6.32. The first kappa shape index (κ1) is 14.4. The molecule has 0 heterocycles. The molecule has 2 aromatic carbocycles. The number of hydrogen-bond donors (Lipinski definition) is 1. The zero-order chi connectivity index (χ0) is 14.7. The van der Waals surface area contributed by atoms with Crippen LogP contribution in [0, 0.1) is 0 Å². The minimum absolute atomic E-state index is 0.111. The molecule has 0 radical (unpaired) electrons. The second-order valence-electron chi connectivity index (χ2n) is 5.36. The summed E-state index contributed by atoms with van der Waals surface area (Å²) in [6, 6.07) is 16.5. The molecule has 0 amide bonds. The Bertz CT molecular complexity index is 614. The van der Waals surface area contributed by atoms with Crippen molar-refractivity contribution in [1.29, 1.82) is 0 Å². The van der Waals surface area contributed by atoms with Gasteiger partial charge >= 0.3 is 0 Å². The van der Waals surface area contributed by atoms with Crippen molar-refractivity contribution in [1.82, 2.24) is 5.32 Å². The highest BCUT2D eigenvalue weighted by Crippen LogP contribution is 2.34. The first-order valence-electron chi connectivity index (χ1n) is 7.52. The lowest BCUT2D eigenvalue weighted by molar-refractivity contribution is 0.136. The van der Waals surface area contributed by atoms with E-state index in [0.29, 0.717) is 5.02 Å². The Morgan fingerprint density at radius 1 is 1.14 bits per heavy atom. The van der Waals surface area contributed by atoms with E-state index in [-0.39, 0.29) is 12.1 Å². The fraction of sp³-hybridized carbons (Fsp3) is 0.333. The number of fused-ring (bicyclic) bond motifs is 1. The van der Waals surface area contributed by atoms with E-state index >= 15 is 0 Å². The van der Waals surface area contributed by atoms with Crippen LogP contribution in [0.1, 0.15) is 30.5 Å². The largest absolute Gasteiger partial charge is 0.487 e. The van der Waals surface area contributed by atoms with Gasteiger partial charge < -0.3 is 10.1 Å². The van der Waals surface area contributed by atoms with Crippen LogP contribution in [0.3, 0.4) is 0 Å². The molecule has 3 heteroatoms. The van der Waals surface area contributed by atoms with E-state index < -0.39 is 0 Å². The summed E-state index contributed by atoms with van der Waals surface area (Å²) in [6.07, 6.45) is 2.16. The third kappa shape index (κ3) is 3.07. The van der Waals surface area contributed by atoms with Gasteiger partial charge in [-0.15, -0.1) is 0 Å². The molecular formula is C18H20ClNO. The van der Waals surface area contributed by atoms with Crippen molar-refractivity contribution in [3.05, 3.63) is 64.7 Å². The van der Waals surface area contributed by atoms with Crippen LogP contribution < -0.4 is 10.1 Å². The van der Waals surface area contributed by atoms with E-state index in [4.69, 9.17) is 16.3 Å². The maximum absolute atomic E-state index is 6.22. The van der Waals surface area contributed by atoms with Gasteiger partial charge in [-0.3, -0.25) is 0 Å². The van der Waals surface area contributed by atoms with Gasteiger partial charge in [0.1, 0.15) is 11.9 Å². The number of rotatable bonds is 4. The van der Waals surface area contributed by atoms with Gasteiger partial charge in [0.25, 0.3) is 0 Å².